The summed E-state index contributed by atoms with van der Waals surface area (Å²) in [7, 11) is -4.94. The van der Waals surface area contributed by atoms with E-state index in [0.29, 0.717) is 0 Å². The lowest BCUT2D eigenvalue weighted by molar-refractivity contribution is -2.00. The van der Waals surface area contributed by atoms with Crippen LogP contribution in [0, 0.1) is 10.2 Å². The Hall–Kier alpha value is -3.07. The predicted octanol–water partition coefficient (Wildman–Crippen LogP) is -1.43. The van der Waals surface area contributed by atoms with Gasteiger partial charge in [-0.05, 0) is 29.8 Å². The molecule has 0 aromatic heterocycles. The van der Waals surface area contributed by atoms with Crippen molar-refractivity contribution >= 4 is 22.9 Å². The minimum absolute atomic E-state index is 0.844. The number of hydrogen-bond donors (Lipinski definition) is 1. The van der Waals surface area contributed by atoms with E-state index in [4.69, 9.17) is 23.4 Å². The molecule has 0 aliphatic carbocycles. The van der Waals surface area contributed by atoms with Crippen molar-refractivity contribution in [2.45, 2.75) is 13.8 Å². The van der Waals surface area contributed by atoms with E-state index in [1.54, 1.807) is 0 Å². The van der Waals surface area contributed by atoms with Crippen molar-refractivity contribution in [1.29, 1.82) is 0 Å². The van der Waals surface area contributed by atoms with E-state index >= 15 is 0 Å². The van der Waals surface area contributed by atoms with Crippen LogP contribution in [-0.4, -0.2) is 11.4 Å². The summed E-state index contributed by atoms with van der Waals surface area (Å²) in [6.45, 7) is 4.07. The number of hydrogen-bond acceptors (Lipinski definition) is 6. The van der Waals surface area contributed by atoms with Gasteiger partial charge >= 0.3 is 0 Å². The third-order valence-corrected chi connectivity index (χ3v) is 4.33. The molecule has 1 N–H and O–H groups in total. The van der Waals surface area contributed by atoms with Crippen LogP contribution in [0.4, 0.5) is 0 Å². The summed E-state index contributed by atoms with van der Waals surface area (Å²) in [6.07, 6.45) is 4.18. The maximum atomic E-state index is 8.49. The normalized spacial score (nSPS) is 15.9. The minimum Gasteiger partial charge on any atom is -0.456 e. The Bertz CT molecular complexity index is 982. The first-order valence-corrected chi connectivity index (χ1v) is 10.2. The van der Waals surface area contributed by atoms with Crippen LogP contribution in [0.3, 0.4) is 0 Å². The maximum Gasteiger partial charge on any atom is 0.212 e. The van der Waals surface area contributed by atoms with Crippen LogP contribution in [0.2, 0.25) is 0 Å². The van der Waals surface area contributed by atoms with Crippen LogP contribution in [0.5, 0.6) is 0 Å². The first-order chi connectivity index (χ1) is 14.2. The van der Waals surface area contributed by atoms with Crippen LogP contribution >= 0.6 is 0 Å². The highest BCUT2D eigenvalue weighted by Crippen LogP contribution is 2.33. The molecule has 0 saturated carbocycles. The lowest BCUT2D eigenvalue weighted by Crippen LogP contribution is -2.68. The number of hydrazone groups is 1. The van der Waals surface area contributed by atoms with Gasteiger partial charge in [0.05, 0.1) is 5.57 Å². The van der Waals surface area contributed by atoms with E-state index in [-0.39, 0.29) is 0 Å². The van der Waals surface area contributed by atoms with Crippen LogP contribution < -0.4 is 23.7 Å². The zero-order chi connectivity index (χ0) is 21.7. The molecule has 8 heteroatoms. The summed E-state index contributed by atoms with van der Waals surface area (Å²) in [4.78, 5) is 0. The number of rotatable bonds is 2. The smallest absolute Gasteiger partial charge is 0.212 e. The first kappa shape index (κ1) is 21.6. The van der Waals surface area contributed by atoms with Gasteiger partial charge in [-0.25, -0.2) is 18.6 Å². The Morgan fingerprint density at radius 1 is 0.767 bits per heavy atom. The van der Waals surface area contributed by atoms with Crippen molar-refractivity contribution in [1.82, 2.24) is 0 Å². The molecule has 0 bridgehead atoms. The number of allylic oxidation sites excluding steroid dienone is 4. The van der Waals surface area contributed by atoms with Gasteiger partial charge in [-0.15, -0.1) is 15.3 Å². The molecule has 0 fully saturated rings. The van der Waals surface area contributed by atoms with E-state index in [0.717, 1.165) is 45.2 Å². The van der Waals surface area contributed by atoms with Gasteiger partial charge < -0.3 is 4.74 Å². The highest BCUT2D eigenvalue weighted by atomic mass is 35.7. The van der Waals surface area contributed by atoms with E-state index in [1.165, 1.54) is 0 Å². The molecule has 7 nitrogen and oxygen atoms in total. The zero-order valence-corrected chi connectivity index (χ0v) is 17.1. The Morgan fingerprint density at radius 3 is 1.57 bits per heavy atom. The SMILES string of the molecule is CC1=N[NH+]=C(C)C1=C1C=C(c2ccccc2)OC(c2ccccc2)=C1.[O-][Cl+3]([O-])([O-])[O-]. The largest absolute Gasteiger partial charge is 0.456 e. The molecule has 4 rings (SSSR count). The van der Waals surface area contributed by atoms with E-state index in [1.807, 2.05) is 50.2 Å². The molecule has 0 amide bonds. The second kappa shape index (κ2) is 9.17. The highest BCUT2D eigenvalue weighted by Gasteiger charge is 2.25. The van der Waals surface area contributed by atoms with Crippen molar-refractivity contribution in [2.75, 3.05) is 0 Å². The molecule has 2 heterocycles. The van der Waals surface area contributed by atoms with Crippen LogP contribution in [0.1, 0.15) is 25.0 Å². The van der Waals surface area contributed by atoms with Gasteiger partial charge in [0.15, 0.2) is 0 Å². The molecule has 2 aromatic carbocycles. The zero-order valence-electron chi connectivity index (χ0n) is 16.3. The van der Waals surface area contributed by atoms with Gasteiger partial charge in [0.25, 0.3) is 0 Å². The van der Waals surface area contributed by atoms with Crippen molar-refractivity contribution in [3.05, 3.63) is 95.1 Å². The third-order valence-electron chi connectivity index (χ3n) is 4.33. The molecule has 2 aliphatic heterocycles. The number of nitrogens with zero attached hydrogens (tertiary/aromatic N) is 1. The number of ether oxygens (including phenoxy) is 1. The second-order valence-corrected chi connectivity index (χ2v) is 7.25. The average molecular weight is 427 g/mol. The second-order valence-electron chi connectivity index (χ2n) is 6.49. The fraction of sp³-hybridized carbons (Fsp3) is 0.0909. The van der Waals surface area contributed by atoms with Crippen LogP contribution in [0.15, 0.2) is 89.1 Å². The molecule has 2 aromatic rings. The van der Waals surface area contributed by atoms with Crippen molar-refractivity contribution < 1.29 is 38.7 Å². The van der Waals surface area contributed by atoms with Gasteiger partial charge in [-0.3, -0.25) is 0 Å². The van der Waals surface area contributed by atoms with Gasteiger partial charge in [0.2, 0.25) is 5.71 Å². The van der Waals surface area contributed by atoms with E-state index in [9.17, 15) is 0 Å². The molecule has 0 saturated heterocycles. The van der Waals surface area contributed by atoms with Crippen molar-refractivity contribution in [3.63, 3.8) is 0 Å². The fourth-order valence-electron chi connectivity index (χ4n) is 3.11. The Labute approximate surface area is 176 Å². The van der Waals surface area contributed by atoms with E-state index in [2.05, 4.69) is 46.6 Å². The molecule has 0 radical (unpaired) electrons. The van der Waals surface area contributed by atoms with Crippen molar-refractivity contribution in [3.8, 4) is 0 Å². The summed E-state index contributed by atoms with van der Waals surface area (Å²) in [6, 6.07) is 20.4. The van der Waals surface area contributed by atoms with E-state index < -0.39 is 10.2 Å². The van der Waals surface area contributed by atoms with Gasteiger partial charge in [0, 0.05) is 18.1 Å². The molecule has 154 valence electrons. The average Bonchev–Trinajstić information content (AvgIpc) is 3.06. The lowest BCUT2D eigenvalue weighted by Gasteiger charge is -2.19. The van der Waals surface area contributed by atoms with Crippen LogP contribution in [-0.2, 0) is 4.74 Å². The number of halogens is 1. The standard InChI is InChI=1S/C22H18N2O.ClHO4/c1-15-22(16(2)24-23-15)19-13-20(17-9-5-3-6-10-17)25-21(14-19)18-11-7-4-8-12-18;2-1(3,4)5/h3-14H,1-2H3;(H,2,3,4,5). The number of benzene rings is 2. The summed E-state index contributed by atoms with van der Waals surface area (Å²) < 4.78 is 40.2. The monoisotopic (exact) mass is 426 g/mol. The third kappa shape index (κ3) is 5.73. The Kier molecular flexibility index (Phi) is 6.61. The quantitative estimate of drug-likeness (QED) is 0.629. The molecular formula is C22H19ClN2O5. The fourth-order valence-corrected chi connectivity index (χ4v) is 3.11. The topological polar surface area (TPSA) is 128 Å². The summed E-state index contributed by atoms with van der Waals surface area (Å²) in [5.41, 5.74) is 6.39. The van der Waals surface area contributed by atoms with Gasteiger partial charge in [0.1, 0.15) is 17.2 Å². The van der Waals surface area contributed by atoms with Crippen molar-refractivity contribution in [2.24, 2.45) is 5.10 Å². The van der Waals surface area contributed by atoms with Crippen LogP contribution in [0.25, 0.3) is 11.5 Å². The Morgan fingerprint density at radius 2 is 1.20 bits per heavy atom. The minimum atomic E-state index is -4.94. The molecule has 0 spiro atoms. The molecule has 0 atom stereocenters. The predicted molar refractivity (Wildman–Crippen MR) is 102 cm³/mol. The summed E-state index contributed by atoms with van der Waals surface area (Å²) in [5, 5.41) is 7.41. The maximum absolute atomic E-state index is 8.49. The first-order valence-electron chi connectivity index (χ1n) is 8.95. The Balaban J connectivity index is 0.000000461. The molecule has 2 aliphatic rings. The van der Waals surface area contributed by atoms with Gasteiger partial charge in [-0.2, -0.15) is 0 Å². The highest BCUT2D eigenvalue weighted by molar-refractivity contribution is 6.23. The molecule has 0 unspecified atom stereocenters. The molecule has 30 heavy (non-hydrogen) atoms. The number of nitrogens with one attached hydrogen (secondary N) is 1. The summed E-state index contributed by atoms with van der Waals surface area (Å²) in [5.74, 6) is 1.69. The van der Waals surface area contributed by atoms with Gasteiger partial charge in [-0.1, -0.05) is 60.7 Å². The lowest BCUT2D eigenvalue weighted by atomic mass is 9.96. The summed E-state index contributed by atoms with van der Waals surface area (Å²) >= 11 is 0. The molecular weight excluding hydrogens is 408 g/mol.